The van der Waals surface area contributed by atoms with Crippen molar-refractivity contribution in [3.63, 3.8) is 0 Å². The Morgan fingerprint density at radius 3 is 2.86 bits per heavy atom. The first kappa shape index (κ1) is 16.2. The zero-order chi connectivity index (χ0) is 16.1. The molecule has 1 unspecified atom stereocenters. The van der Waals surface area contributed by atoms with E-state index >= 15 is 0 Å². The van der Waals surface area contributed by atoms with Crippen molar-refractivity contribution in [3.05, 3.63) is 40.1 Å². The zero-order valence-electron chi connectivity index (χ0n) is 12.1. The number of aryl methyl sites for hydroxylation is 1. The Labute approximate surface area is 135 Å². The SMILES string of the molecule is CCC(Oc1ccc(Br)cc1C=O)C(=O)Nc1cc(C)on1. The van der Waals surface area contributed by atoms with Crippen LogP contribution in [0.3, 0.4) is 0 Å². The van der Waals surface area contributed by atoms with Crippen LogP contribution in [0.5, 0.6) is 5.75 Å². The molecular weight excluding hydrogens is 352 g/mol. The maximum atomic E-state index is 12.2. The molecule has 0 aliphatic carbocycles. The van der Waals surface area contributed by atoms with E-state index < -0.39 is 6.10 Å². The average molecular weight is 367 g/mol. The fourth-order valence-electron chi connectivity index (χ4n) is 1.83. The third-order valence-electron chi connectivity index (χ3n) is 2.91. The smallest absolute Gasteiger partial charge is 0.266 e. The van der Waals surface area contributed by atoms with Crippen molar-refractivity contribution in [1.29, 1.82) is 0 Å². The number of rotatable bonds is 6. The molecular formula is C15H15BrN2O4. The van der Waals surface area contributed by atoms with Gasteiger partial charge in [0, 0.05) is 10.5 Å². The standard InChI is InChI=1S/C15H15BrN2O4/c1-3-12(15(20)17-14-6-9(2)22-18-14)21-13-5-4-11(16)7-10(13)8-19/h4-8,12H,3H2,1-2H3,(H,17,18,20). The summed E-state index contributed by atoms with van der Waals surface area (Å²) in [5.74, 6) is 0.934. The number of benzene rings is 1. The van der Waals surface area contributed by atoms with Gasteiger partial charge in [-0.15, -0.1) is 0 Å². The first-order valence-corrected chi connectivity index (χ1v) is 7.48. The lowest BCUT2D eigenvalue weighted by Gasteiger charge is -2.17. The Balaban J connectivity index is 2.11. The predicted octanol–water partition coefficient (Wildman–Crippen LogP) is 3.35. The van der Waals surface area contributed by atoms with Crippen LogP contribution in [0.1, 0.15) is 29.5 Å². The maximum Gasteiger partial charge on any atom is 0.266 e. The second-order valence-corrected chi connectivity index (χ2v) is 5.54. The van der Waals surface area contributed by atoms with Crippen LogP contribution in [0, 0.1) is 6.92 Å². The number of hydrogen-bond donors (Lipinski definition) is 1. The Kier molecular flexibility index (Phi) is 5.32. The molecule has 0 saturated heterocycles. The largest absolute Gasteiger partial charge is 0.480 e. The summed E-state index contributed by atoms with van der Waals surface area (Å²) in [4.78, 5) is 23.3. The first-order valence-electron chi connectivity index (χ1n) is 6.69. The Morgan fingerprint density at radius 2 is 2.27 bits per heavy atom. The Bertz CT molecular complexity index is 684. The molecule has 0 aliphatic rings. The van der Waals surface area contributed by atoms with Crippen molar-refractivity contribution in [2.75, 3.05) is 5.32 Å². The highest BCUT2D eigenvalue weighted by molar-refractivity contribution is 9.10. The van der Waals surface area contributed by atoms with Gasteiger partial charge in [-0.3, -0.25) is 9.59 Å². The number of carbonyl (C=O) groups is 2. The van der Waals surface area contributed by atoms with E-state index in [0.717, 1.165) is 4.47 Å². The summed E-state index contributed by atoms with van der Waals surface area (Å²) >= 11 is 3.28. The van der Waals surface area contributed by atoms with E-state index in [0.29, 0.717) is 35.6 Å². The van der Waals surface area contributed by atoms with Gasteiger partial charge in [0.2, 0.25) is 0 Å². The molecule has 116 valence electrons. The molecule has 0 bridgehead atoms. The Morgan fingerprint density at radius 1 is 1.50 bits per heavy atom. The fourth-order valence-corrected chi connectivity index (χ4v) is 2.21. The van der Waals surface area contributed by atoms with Gasteiger partial charge in [-0.05, 0) is 31.5 Å². The number of ether oxygens (including phenoxy) is 1. The lowest BCUT2D eigenvalue weighted by atomic mass is 10.2. The molecule has 1 N–H and O–H groups in total. The van der Waals surface area contributed by atoms with Gasteiger partial charge in [0.1, 0.15) is 11.5 Å². The molecule has 0 saturated carbocycles. The molecule has 2 aromatic rings. The number of halogens is 1. The van der Waals surface area contributed by atoms with Crippen LogP contribution in [-0.4, -0.2) is 23.5 Å². The van der Waals surface area contributed by atoms with Crippen molar-refractivity contribution >= 4 is 33.9 Å². The molecule has 22 heavy (non-hydrogen) atoms. The molecule has 0 radical (unpaired) electrons. The van der Waals surface area contributed by atoms with E-state index in [-0.39, 0.29) is 5.91 Å². The molecule has 1 heterocycles. The molecule has 1 aromatic carbocycles. The summed E-state index contributed by atoms with van der Waals surface area (Å²) in [6, 6.07) is 6.63. The monoisotopic (exact) mass is 366 g/mol. The van der Waals surface area contributed by atoms with Crippen molar-refractivity contribution in [2.45, 2.75) is 26.4 Å². The highest BCUT2D eigenvalue weighted by Gasteiger charge is 2.21. The van der Waals surface area contributed by atoms with E-state index in [1.165, 1.54) is 0 Å². The van der Waals surface area contributed by atoms with Gasteiger partial charge in [-0.1, -0.05) is 28.0 Å². The van der Waals surface area contributed by atoms with Gasteiger partial charge >= 0.3 is 0 Å². The number of anilines is 1. The van der Waals surface area contributed by atoms with Crippen LogP contribution in [-0.2, 0) is 4.79 Å². The summed E-state index contributed by atoms with van der Waals surface area (Å²) in [6.07, 6.45) is 0.389. The van der Waals surface area contributed by atoms with Gasteiger partial charge < -0.3 is 14.6 Å². The van der Waals surface area contributed by atoms with Crippen LogP contribution >= 0.6 is 15.9 Å². The molecule has 0 spiro atoms. The van der Waals surface area contributed by atoms with Crippen LogP contribution < -0.4 is 10.1 Å². The second kappa shape index (κ2) is 7.22. The quantitative estimate of drug-likeness (QED) is 0.792. The molecule has 1 amide bonds. The summed E-state index contributed by atoms with van der Waals surface area (Å²) in [5.41, 5.74) is 0.373. The minimum absolute atomic E-state index is 0.330. The van der Waals surface area contributed by atoms with Crippen LogP contribution in [0.25, 0.3) is 0 Å². The normalized spacial score (nSPS) is 11.8. The second-order valence-electron chi connectivity index (χ2n) is 4.63. The van der Waals surface area contributed by atoms with E-state index in [4.69, 9.17) is 9.26 Å². The van der Waals surface area contributed by atoms with Gasteiger partial charge in [-0.2, -0.15) is 0 Å². The van der Waals surface area contributed by atoms with E-state index in [2.05, 4.69) is 26.4 Å². The minimum Gasteiger partial charge on any atom is -0.480 e. The summed E-state index contributed by atoms with van der Waals surface area (Å²) in [7, 11) is 0. The van der Waals surface area contributed by atoms with E-state index in [1.807, 2.05) is 6.92 Å². The number of hydrogen-bond acceptors (Lipinski definition) is 5. The summed E-state index contributed by atoms with van der Waals surface area (Å²) < 4.78 is 11.3. The summed E-state index contributed by atoms with van der Waals surface area (Å²) in [5, 5.41) is 6.32. The van der Waals surface area contributed by atoms with Gasteiger partial charge in [0.05, 0.1) is 5.56 Å². The molecule has 2 rings (SSSR count). The van der Waals surface area contributed by atoms with E-state index in [9.17, 15) is 9.59 Å². The molecule has 7 heteroatoms. The predicted molar refractivity (Wildman–Crippen MR) is 84.1 cm³/mol. The highest BCUT2D eigenvalue weighted by atomic mass is 79.9. The van der Waals surface area contributed by atoms with Crippen LogP contribution in [0.15, 0.2) is 33.3 Å². The lowest BCUT2D eigenvalue weighted by Crippen LogP contribution is -2.32. The number of aromatic nitrogens is 1. The number of nitrogens with one attached hydrogen (secondary N) is 1. The van der Waals surface area contributed by atoms with Crippen molar-refractivity contribution < 1.29 is 18.8 Å². The average Bonchev–Trinajstić information content (AvgIpc) is 2.90. The van der Waals surface area contributed by atoms with Crippen molar-refractivity contribution in [1.82, 2.24) is 5.16 Å². The van der Waals surface area contributed by atoms with E-state index in [1.54, 1.807) is 31.2 Å². The number of nitrogens with zero attached hydrogens (tertiary/aromatic N) is 1. The fraction of sp³-hybridized carbons (Fsp3) is 0.267. The molecule has 0 fully saturated rings. The first-order chi connectivity index (χ1) is 10.5. The van der Waals surface area contributed by atoms with Gasteiger partial charge in [0.25, 0.3) is 5.91 Å². The molecule has 0 aliphatic heterocycles. The Hall–Kier alpha value is -2.15. The lowest BCUT2D eigenvalue weighted by molar-refractivity contribution is -0.122. The molecule has 6 nitrogen and oxygen atoms in total. The number of carbonyl (C=O) groups excluding carboxylic acids is 2. The maximum absolute atomic E-state index is 12.2. The number of amides is 1. The third kappa shape index (κ3) is 3.94. The van der Waals surface area contributed by atoms with Crippen LogP contribution in [0.2, 0.25) is 0 Å². The topological polar surface area (TPSA) is 81.4 Å². The van der Waals surface area contributed by atoms with Crippen molar-refractivity contribution in [3.8, 4) is 5.75 Å². The van der Waals surface area contributed by atoms with Gasteiger partial charge in [0.15, 0.2) is 18.2 Å². The van der Waals surface area contributed by atoms with Crippen LogP contribution in [0.4, 0.5) is 5.82 Å². The molecule has 1 aromatic heterocycles. The highest BCUT2D eigenvalue weighted by Crippen LogP contribution is 2.23. The van der Waals surface area contributed by atoms with Gasteiger partial charge in [-0.25, -0.2) is 0 Å². The third-order valence-corrected chi connectivity index (χ3v) is 3.40. The zero-order valence-corrected chi connectivity index (χ0v) is 13.7. The minimum atomic E-state index is -0.739. The summed E-state index contributed by atoms with van der Waals surface area (Å²) in [6.45, 7) is 3.55. The number of aldehydes is 1. The van der Waals surface area contributed by atoms with Crippen molar-refractivity contribution in [2.24, 2.45) is 0 Å². The molecule has 1 atom stereocenters.